The van der Waals surface area contributed by atoms with Gasteiger partial charge in [0, 0.05) is 6.42 Å². The molecule has 3 rings (SSSR count). The zero-order valence-electron chi connectivity index (χ0n) is 10.7. The Balaban J connectivity index is 1.75. The number of hydrogen-bond donors (Lipinski definition) is 1. The zero-order valence-corrected chi connectivity index (χ0v) is 10.7. The van der Waals surface area contributed by atoms with Crippen molar-refractivity contribution in [3.63, 3.8) is 0 Å². The summed E-state index contributed by atoms with van der Waals surface area (Å²) < 4.78 is 11.5. The van der Waals surface area contributed by atoms with Crippen LogP contribution in [-0.2, 0) is 4.74 Å². The average molecular weight is 247 g/mol. The van der Waals surface area contributed by atoms with Crippen molar-refractivity contribution in [3.8, 4) is 5.75 Å². The van der Waals surface area contributed by atoms with Gasteiger partial charge in [0.25, 0.3) is 0 Å². The van der Waals surface area contributed by atoms with E-state index in [9.17, 15) is 0 Å². The molecule has 2 aliphatic rings. The first-order chi connectivity index (χ1) is 8.93. The van der Waals surface area contributed by atoms with E-state index in [1.54, 1.807) is 0 Å². The van der Waals surface area contributed by atoms with Crippen molar-refractivity contribution in [1.29, 1.82) is 0 Å². The van der Waals surface area contributed by atoms with Crippen molar-refractivity contribution >= 4 is 0 Å². The summed E-state index contributed by atoms with van der Waals surface area (Å²) in [5.41, 5.74) is 1.38. The summed E-state index contributed by atoms with van der Waals surface area (Å²) in [6, 6.07) is 8.52. The Hall–Kier alpha value is -1.06. The second kappa shape index (κ2) is 5.72. The molecule has 0 aromatic heterocycles. The van der Waals surface area contributed by atoms with Gasteiger partial charge < -0.3 is 14.8 Å². The highest BCUT2D eigenvalue weighted by Crippen LogP contribution is 2.33. The summed E-state index contributed by atoms with van der Waals surface area (Å²) in [4.78, 5) is 0. The molecule has 1 N–H and O–H groups in total. The van der Waals surface area contributed by atoms with Gasteiger partial charge in [-0.1, -0.05) is 18.2 Å². The third-order valence-electron chi connectivity index (χ3n) is 3.88. The number of hydrogen-bond acceptors (Lipinski definition) is 3. The summed E-state index contributed by atoms with van der Waals surface area (Å²) >= 11 is 0. The predicted molar refractivity (Wildman–Crippen MR) is 71.1 cm³/mol. The molecule has 0 amide bonds. The highest BCUT2D eigenvalue weighted by molar-refractivity contribution is 5.36. The molecule has 2 saturated heterocycles. The Bertz CT molecular complexity index is 382. The van der Waals surface area contributed by atoms with E-state index in [4.69, 9.17) is 9.47 Å². The van der Waals surface area contributed by atoms with Crippen LogP contribution in [0.5, 0.6) is 5.75 Å². The fourth-order valence-electron chi connectivity index (χ4n) is 2.84. The summed E-state index contributed by atoms with van der Waals surface area (Å²) in [6.45, 7) is 3.80. The topological polar surface area (TPSA) is 30.5 Å². The van der Waals surface area contributed by atoms with Gasteiger partial charge in [-0.15, -0.1) is 0 Å². The number of ether oxygens (including phenoxy) is 2. The highest BCUT2D eigenvalue weighted by Gasteiger charge is 2.22. The molecule has 2 fully saturated rings. The van der Waals surface area contributed by atoms with Crippen LogP contribution >= 0.6 is 0 Å². The molecule has 0 aliphatic carbocycles. The average Bonchev–Trinajstić information content (AvgIpc) is 2.93. The zero-order chi connectivity index (χ0) is 12.2. The van der Waals surface area contributed by atoms with Gasteiger partial charge in [0.1, 0.15) is 11.9 Å². The minimum Gasteiger partial charge on any atom is -0.488 e. The first-order valence-electron chi connectivity index (χ1n) is 6.97. The standard InChI is InChI=1S/C15H21NO2/c1-2-4-15(18-13-7-10-17-11-13)14(3-1)12-5-8-16-9-6-12/h1-4,12-13,16H,5-11H2. The molecule has 1 atom stereocenters. The quantitative estimate of drug-likeness (QED) is 0.889. The number of rotatable bonds is 3. The molecule has 1 aromatic rings. The van der Waals surface area contributed by atoms with Crippen molar-refractivity contribution in [2.45, 2.75) is 31.3 Å². The molecule has 2 heterocycles. The SMILES string of the molecule is c1ccc(C2CCNCC2)c(OC2CCOC2)c1. The molecule has 2 aliphatic heterocycles. The molecule has 1 aromatic carbocycles. The second-order valence-electron chi connectivity index (χ2n) is 5.17. The number of para-hydroxylation sites is 1. The molecular weight excluding hydrogens is 226 g/mol. The van der Waals surface area contributed by atoms with Crippen molar-refractivity contribution in [1.82, 2.24) is 5.32 Å². The molecule has 98 valence electrons. The maximum atomic E-state index is 6.11. The van der Waals surface area contributed by atoms with Crippen LogP contribution in [0.15, 0.2) is 24.3 Å². The highest BCUT2D eigenvalue weighted by atomic mass is 16.5. The second-order valence-corrected chi connectivity index (χ2v) is 5.17. The Kier molecular flexibility index (Phi) is 3.81. The van der Waals surface area contributed by atoms with E-state index in [2.05, 4.69) is 29.6 Å². The van der Waals surface area contributed by atoms with Gasteiger partial charge in [-0.3, -0.25) is 0 Å². The minimum atomic E-state index is 0.243. The maximum absolute atomic E-state index is 6.11. The van der Waals surface area contributed by atoms with E-state index in [0.717, 1.165) is 38.5 Å². The molecule has 18 heavy (non-hydrogen) atoms. The molecule has 0 bridgehead atoms. The van der Waals surface area contributed by atoms with Crippen LogP contribution < -0.4 is 10.1 Å². The lowest BCUT2D eigenvalue weighted by Gasteiger charge is -2.25. The van der Waals surface area contributed by atoms with Crippen molar-refractivity contribution < 1.29 is 9.47 Å². The predicted octanol–water partition coefficient (Wildman–Crippen LogP) is 2.32. The molecule has 0 radical (unpaired) electrons. The van der Waals surface area contributed by atoms with Crippen LogP contribution in [0.4, 0.5) is 0 Å². The van der Waals surface area contributed by atoms with Crippen LogP contribution in [0.2, 0.25) is 0 Å². The van der Waals surface area contributed by atoms with Gasteiger partial charge in [0.05, 0.1) is 13.2 Å². The van der Waals surface area contributed by atoms with Gasteiger partial charge >= 0.3 is 0 Å². The van der Waals surface area contributed by atoms with Crippen LogP contribution in [0, 0.1) is 0 Å². The first-order valence-corrected chi connectivity index (χ1v) is 6.97. The summed E-state index contributed by atoms with van der Waals surface area (Å²) in [5.74, 6) is 1.71. The third-order valence-corrected chi connectivity index (χ3v) is 3.88. The number of benzene rings is 1. The van der Waals surface area contributed by atoms with E-state index in [0.29, 0.717) is 5.92 Å². The van der Waals surface area contributed by atoms with Crippen LogP contribution in [0.3, 0.4) is 0 Å². The Labute approximate surface area is 108 Å². The Morgan fingerprint density at radius 3 is 2.72 bits per heavy atom. The molecule has 3 nitrogen and oxygen atoms in total. The van der Waals surface area contributed by atoms with E-state index >= 15 is 0 Å². The van der Waals surface area contributed by atoms with E-state index in [1.807, 2.05) is 0 Å². The van der Waals surface area contributed by atoms with E-state index in [1.165, 1.54) is 18.4 Å². The molecular formula is C15H21NO2. The van der Waals surface area contributed by atoms with Crippen molar-refractivity contribution in [2.75, 3.05) is 26.3 Å². The van der Waals surface area contributed by atoms with Crippen LogP contribution in [0.25, 0.3) is 0 Å². The summed E-state index contributed by atoms with van der Waals surface area (Å²) in [6.07, 6.45) is 3.68. The summed E-state index contributed by atoms with van der Waals surface area (Å²) in [7, 11) is 0. The number of nitrogens with one attached hydrogen (secondary N) is 1. The van der Waals surface area contributed by atoms with Crippen LogP contribution in [-0.4, -0.2) is 32.4 Å². The Morgan fingerprint density at radius 2 is 1.94 bits per heavy atom. The van der Waals surface area contributed by atoms with Crippen molar-refractivity contribution in [3.05, 3.63) is 29.8 Å². The first kappa shape index (κ1) is 12.0. The third kappa shape index (κ3) is 2.68. The van der Waals surface area contributed by atoms with Gasteiger partial charge in [-0.2, -0.15) is 0 Å². The van der Waals surface area contributed by atoms with Gasteiger partial charge in [-0.25, -0.2) is 0 Å². The molecule has 3 heteroatoms. The van der Waals surface area contributed by atoms with Gasteiger partial charge in [0.15, 0.2) is 0 Å². The number of piperidine rings is 1. The monoisotopic (exact) mass is 247 g/mol. The smallest absolute Gasteiger partial charge is 0.124 e. The fourth-order valence-corrected chi connectivity index (χ4v) is 2.84. The summed E-state index contributed by atoms with van der Waals surface area (Å²) in [5, 5.41) is 3.42. The lowest BCUT2D eigenvalue weighted by atomic mass is 9.89. The largest absolute Gasteiger partial charge is 0.488 e. The normalized spacial score (nSPS) is 25.2. The minimum absolute atomic E-state index is 0.243. The molecule has 0 spiro atoms. The fraction of sp³-hybridized carbons (Fsp3) is 0.600. The van der Waals surface area contributed by atoms with E-state index < -0.39 is 0 Å². The lowest BCUT2D eigenvalue weighted by Crippen LogP contribution is -2.27. The van der Waals surface area contributed by atoms with Crippen molar-refractivity contribution in [2.24, 2.45) is 0 Å². The molecule has 1 unspecified atom stereocenters. The Morgan fingerprint density at radius 1 is 1.11 bits per heavy atom. The van der Waals surface area contributed by atoms with Gasteiger partial charge in [0.2, 0.25) is 0 Å². The van der Waals surface area contributed by atoms with Crippen LogP contribution in [0.1, 0.15) is 30.7 Å². The lowest BCUT2D eigenvalue weighted by molar-refractivity contribution is 0.140. The van der Waals surface area contributed by atoms with E-state index in [-0.39, 0.29) is 6.10 Å². The maximum Gasteiger partial charge on any atom is 0.124 e. The molecule has 0 saturated carbocycles. The van der Waals surface area contributed by atoms with Gasteiger partial charge in [-0.05, 0) is 43.5 Å².